The number of hydrogen-bond donors (Lipinski definition) is 2. The second-order valence-electron chi connectivity index (χ2n) is 4.77. The topological polar surface area (TPSA) is 58.6 Å². The van der Waals surface area contributed by atoms with E-state index in [2.05, 4.69) is 5.32 Å². The van der Waals surface area contributed by atoms with Gasteiger partial charge in [0.2, 0.25) is 0 Å². The normalized spacial score (nSPS) is 11.7. The maximum absolute atomic E-state index is 12.2. The van der Waals surface area contributed by atoms with E-state index < -0.39 is 0 Å². The quantitative estimate of drug-likeness (QED) is 0.854. The molecule has 0 bridgehead atoms. The lowest BCUT2D eigenvalue weighted by Gasteiger charge is -2.16. The Morgan fingerprint density at radius 3 is 2.62 bits per heavy atom. The minimum absolute atomic E-state index is 0.107. The number of carbonyl (C=O) groups excluding carboxylic acids is 1. The largest absolute Gasteiger partial charge is 0.497 e. The summed E-state index contributed by atoms with van der Waals surface area (Å²) in [6, 6.07) is 16.4. The Labute approximate surface area is 124 Å². The lowest BCUT2D eigenvalue weighted by molar-refractivity contribution is 0.0916. The van der Waals surface area contributed by atoms with Gasteiger partial charge in [-0.05, 0) is 30.2 Å². The number of carbonyl (C=O) groups is 1. The van der Waals surface area contributed by atoms with Crippen molar-refractivity contribution in [1.82, 2.24) is 5.32 Å². The van der Waals surface area contributed by atoms with Gasteiger partial charge in [-0.3, -0.25) is 4.79 Å². The van der Waals surface area contributed by atoms with Gasteiger partial charge >= 0.3 is 0 Å². The Morgan fingerprint density at radius 1 is 1.19 bits per heavy atom. The predicted octanol–water partition coefficient (Wildman–Crippen LogP) is 2.03. The van der Waals surface area contributed by atoms with Crippen LogP contribution >= 0.6 is 0 Å². The Balaban J connectivity index is 2.02. The van der Waals surface area contributed by atoms with E-state index >= 15 is 0 Å². The molecule has 2 rings (SSSR count). The van der Waals surface area contributed by atoms with Crippen molar-refractivity contribution in [1.29, 1.82) is 0 Å². The molecule has 1 unspecified atom stereocenters. The number of hydrogen-bond acceptors (Lipinski definition) is 3. The molecular formula is C17H19NO3. The van der Waals surface area contributed by atoms with Gasteiger partial charge in [0, 0.05) is 5.56 Å². The lowest BCUT2D eigenvalue weighted by atomic mass is 10.1. The van der Waals surface area contributed by atoms with Gasteiger partial charge in [-0.15, -0.1) is 0 Å². The van der Waals surface area contributed by atoms with Crippen molar-refractivity contribution in [3.63, 3.8) is 0 Å². The molecule has 2 N–H and O–H groups in total. The molecule has 0 aliphatic heterocycles. The summed E-state index contributed by atoms with van der Waals surface area (Å²) in [4.78, 5) is 12.2. The zero-order valence-electron chi connectivity index (χ0n) is 12.0. The molecule has 0 heterocycles. The van der Waals surface area contributed by atoms with Crippen LogP contribution < -0.4 is 10.1 Å². The molecule has 0 spiro atoms. The van der Waals surface area contributed by atoms with E-state index in [4.69, 9.17) is 4.74 Å². The summed E-state index contributed by atoms with van der Waals surface area (Å²) >= 11 is 0. The number of aliphatic hydroxyl groups excluding tert-OH is 1. The van der Waals surface area contributed by atoms with Crippen LogP contribution in [-0.2, 0) is 6.42 Å². The van der Waals surface area contributed by atoms with E-state index in [1.54, 1.807) is 31.4 Å². The molecule has 1 amide bonds. The monoisotopic (exact) mass is 285 g/mol. The number of aliphatic hydroxyl groups is 1. The minimum Gasteiger partial charge on any atom is -0.497 e. The zero-order chi connectivity index (χ0) is 15.1. The van der Waals surface area contributed by atoms with Crippen molar-refractivity contribution in [2.24, 2.45) is 0 Å². The summed E-state index contributed by atoms with van der Waals surface area (Å²) in [6.45, 7) is -0.107. The standard InChI is InChI=1S/C17H19NO3/c1-21-16-9-5-8-14(11-16)17(20)18-15(12-19)10-13-6-3-2-4-7-13/h2-9,11,15,19H,10,12H2,1H3,(H,18,20). The highest BCUT2D eigenvalue weighted by Gasteiger charge is 2.14. The van der Waals surface area contributed by atoms with Crippen molar-refractivity contribution in [2.75, 3.05) is 13.7 Å². The first-order valence-corrected chi connectivity index (χ1v) is 6.82. The third-order valence-electron chi connectivity index (χ3n) is 3.21. The summed E-state index contributed by atoms with van der Waals surface area (Å²) < 4.78 is 5.10. The van der Waals surface area contributed by atoms with Crippen LogP contribution in [0.25, 0.3) is 0 Å². The number of rotatable bonds is 6. The lowest BCUT2D eigenvalue weighted by Crippen LogP contribution is -2.39. The Bertz CT molecular complexity index is 584. The van der Waals surface area contributed by atoms with Crippen LogP contribution in [0.15, 0.2) is 54.6 Å². The molecular weight excluding hydrogens is 266 g/mol. The van der Waals surface area contributed by atoms with Crippen LogP contribution in [0.3, 0.4) is 0 Å². The van der Waals surface area contributed by atoms with E-state index in [9.17, 15) is 9.90 Å². The second kappa shape index (κ2) is 7.45. The van der Waals surface area contributed by atoms with E-state index in [1.807, 2.05) is 30.3 Å². The molecule has 0 saturated heterocycles. The number of ether oxygens (including phenoxy) is 1. The maximum Gasteiger partial charge on any atom is 0.251 e. The first-order chi connectivity index (χ1) is 10.2. The first-order valence-electron chi connectivity index (χ1n) is 6.82. The molecule has 0 aliphatic carbocycles. The summed E-state index contributed by atoms with van der Waals surface area (Å²) in [5, 5.41) is 12.3. The zero-order valence-corrected chi connectivity index (χ0v) is 12.0. The molecule has 4 nitrogen and oxygen atoms in total. The van der Waals surface area contributed by atoms with Crippen molar-refractivity contribution in [2.45, 2.75) is 12.5 Å². The maximum atomic E-state index is 12.2. The summed E-state index contributed by atoms with van der Waals surface area (Å²) in [6.07, 6.45) is 0.590. The average molecular weight is 285 g/mol. The van der Waals surface area contributed by atoms with E-state index in [0.717, 1.165) is 5.56 Å². The van der Waals surface area contributed by atoms with Crippen molar-refractivity contribution < 1.29 is 14.6 Å². The summed E-state index contributed by atoms with van der Waals surface area (Å²) in [7, 11) is 1.56. The third kappa shape index (κ3) is 4.33. The number of benzene rings is 2. The van der Waals surface area contributed by atoms with Gasteiger partial charge in [0.05, 0.1) is 19.8 Å². The molecule has 0 aromatic heterocycles. The molecule has 0 saturated carbocycles. The van der Waals surface area contributed by atoms with Gasteiger partial charge in [-0.2, -0.15) is 0 Å². The van der Waals surface area contributed by atoms with E-state index in [0.29, 0.717) is 17.7 Å². The van der Waals surface area contributed by atoms with Crippen LogP contribution in [0.5, 0.6) is 5.75 Å². The van der Waals surface area contributed by atoms with Crippen LogP contribution in [0.2, 0.25) is 0 Å². The Morgan fingerprint density at radius 2 is 1.95 bits per heavy atom. The molecule has 4 heteroatoms. The molecule has 0 fully saturated rings. The third-order valence-corrected chi connectivity index (χ3v) is 3.21. The fourth-order valence-corrected chi connectivity index (χ4v) is 2.09. The molecule has 110 valence electrons. The summed E-state index contributed by atoms with van der Waals surface area (Å²) in [5.74, 6) is 0.412. The fourth-order valence-electron chi connectivity index (χ4n) is 2.09. The molecule has 0 radical (unpaired) electrons. The molecule has 21 heavy (non-hydrogen) atoms. The molecule has 2 aromatic rings. The van der Waals surface area contributed by atoms with Gasteiger partial charge in [0.1, 0.15) is 5.75 Å². The number of amides is 1. The highest BCUT2D eigenvalue weighted by Crippen LogP contribution is 2.13. The van der Waals surface area contributed by atoms with Crippen LogP contribution in [0.1, 0.15) is 15.9 Å². The predicted molar refractivity (Wildman–Crippen MR) is 81.5 cm³/mol. The molecule has 2 aromatic carbocycles. The summed E-state index contributed by atoms with van der Waals surface area (Å²) in [5.41, 5.74) is 1.59. The van der Waals surface area contributed by atoms with Crippen molar-refractivity contribution in [3.8, 4) is 5.75 Å². The number of methoxy groups -OCH3 is 1. The smallest absolute Gasteiger partial charge is 0.251 e. The van der Waals surface area contributed by atoms with Crippen molar-refractivity contribution in [3.05, 3.63) is 65.7 Å². The SMILES string of the molecule is COc1cccc(C(=O)NC(CO)Cc2ccccc2)c1. The van der Waals surface area contributed by atoms with Gasteiger partial charge < -0.3 is 15.2 Å². The molecule has 1 atom stereocenters. The van der Waals surface area contributed by atoms with E-state index in [1.165, 1.54) is 0 Å². The van der Waals surface area contributed by atoms with Gasteiger partial charge in [0.25, 0.3) is 5.91 Å². The fraction of sp³-hybridized carbons (Fsp3) is 0.235. The van der Waals surface area contributed by atoms with Gasteiger partial charge in [-0.1, -0.05) is 36.4 Å². The van der Waals surface area contributed by atoms with Crippen LogP contribution in [-0.4, -0.2) is 30.8 Å². The highest BCUT2D eigenvalue weighted by atomic mass is 16.5. The number of nitrogens with one attached hydrogen (secondary N) is 1. The second-order valence-corrected chi connectivity index (χ2v) is 4.77. The van der Waals surface area contributed by atoms with Crippen LogP contribution in [0, 0.1) is 0 Å². The Hall–Kier alpha value is -2.33. The van der Waals surface area contributed by atoms with E-state index in [-0.39, 0.29) is 18.6 Å². The molecule has 0 aliphatic rings. The Kier molecular flexibility index (Phi) is 5.35. The van der Waals surface area contributed by atoms with Crippen molar-refractivity contribution >= 4 is 5.91 Å². The average Bonchev–Trinajstić information content (AvgIpc) is 2.55. The minimum atomic E-state index is -0.314. The van der Waals surface area contributed by atoms with Crippen LogP contribution in [0.4, 0.5) is 0 Å². The van der Waals surface area contributed by atoms with Gasteiger partial charge in [-0.25, -0.2) is 0 Å². The highest BCUT2D eigenvalue weighted by molar-refractivity contribution is 5.94. The first kappa shape index (κ1) is 15.1. The van der Waals surface area contributed by atoms with Gasteiger partial charge in [0.15, 0.2) is 0 Å².